The fraction of sp³-hybridized carbons (Fsp3) is 0.250. The summed E-state index contributed by atoms with van der Waals surface area (Å²) in [5.41, 5.74) is 1.57. The third kappa shape index (κ3) is 2.56. The van der Waals surface area contributed by atoms with E-state index in [1.807, 2.05) is 6.07 Å². The molecular formula is C12H11Cl2NO2. The van der Waals surface area contributed by atoms with Crippen molar-refractivity contribution in [2.45, 2.75) is 13.3 Å². The predicted octanol–water partition coefficient (Wildman–Crippen LogP) is 3.58. The topological polar surface area (TPSA) is 42.1 Å². The number of halogens is 2. The van der Waals surface area contributed by atoms with Crippen molar-refractivity contribution >= 4 is 40.1 Å². The summed E-state index contributed by atoms with van der Waals surface area (Å²) < 4.78 is 4.91. The Hall–Kier alpha value is -1.19. The lowest BCUT2D eigenvalue weighted by Crippen LogP contribution is -2.07. The van der Waals surface area contributed by atoms with Gasteiger partial charge in [0.25, 0.3) is 0 Å². The zero-order valence-electron chi connectivity index (χ0n) is 9.22. The van der Waals surface area contributed by atoms with Crippen molar-refractivity contribution in [2.24, 2.45) is 0 Å². The molecule has 0 aliphatic rings. The summed E-state index contributed by atoms with van der Waals surface area (Å²) in [5.74, 6) is -0.287. The molecule has 1 aromatic carbocycles. The lowest BCUT2D eigenvalue weighted by Gasteiger charge is -2.01. The van der Waals surface area contributed by atoms with Crippen LogP contribution in [0.3, 0.4) is 0 Å². The lowest BCUT2D eigenvalue weighted by atomic mass is 10.1. The molecule has 0 amide bonds. The highest BCUT2D eigenvalue weighted by molar-refractivity contribution is 6.33. The van der Waals surface area contributed by atoms with E-state index in [2.05, 4.69) is 4.98 Å². The van der Waals surface area contributed by atoms with E-state index in [-0.39, 0.29) is 12.4 Å². The van der Waals surface area contributed by atoms with Crippen LogP contribution in [-0.2, 0) is 16.0 Å². The van der Waals surface area contributed by atoms with Crippen molar-refractivity contribution in [3.8, 4) is 0 Å². The van der Waals surface area contributed by atoms with Crippen LogP contribution >= 0.6 is 23.2 Å². The Morgan fingerprint density at radius 2 is 2.18 bits per heavy atom. The summed E-state index contributed by atoms with van der Waals surface area (Å²) >= 11 is 11.9. The molecule has 1 N–H and O–H groups in total. The van der Waals surface area contributed by atoms with E-state index in [0.717, 1.165) is 16.5 Å². The summed E-state index contributed by atoms with van der Waals surface area (Å²) in [6, 6.07) is 5.38. The largest absolute Gasteiger partial charge is 0.466 e. The van der Waals surface area contributed by atoms with Gasteiger partial charge in [0.2, 0.25) is 0 Å². The smallest absolute Gasteiger partial charge is 0.310 e. The second-order valence-electron chi connectivity index (χ2n) is 3.59. The SMILES string of the molecule is CCOC(=O)Cc1c(Cl)[nH]c2cc(Cl)ccc12. The van der Waals surface area contributed by atoms with E-state index in [9.17, 15) is 4.79 Å². The fourth-order valence-corrected chi connectivity index (χ4v) is 2.17. The number of hydrogen-bond donors (Lipinski definition) is 1. The maximum absolute atomic E-state index is 11.5. The van der Waals surface area contributed by atoms with Gasteiger partial charge in [-0.25, -0.2) is 0 Å². The molecule has 2 aromatic rings. The fourth-order valence-electron chi connectivity index (χ4n) is 1.72. The number of carbonyl (C=O) groups excluding carboxylic acids is 1. The third-order valence-electron chi connectivity index (χ3n) is 2.44. The van der Waals surface area contributed by atoms with Gasteiger partial charge in [0.05, 0.1) is 13.0 Å². The highest BCUT2D eigenvalue weighted by atomic mass is 35.5. The second-order valence-corrected chi connectivity index (χ2v) is 4.40. The first kappa shape index (κ1) is 12.3. The van der Waals surface area contributed by atoms with Crippen LogP contribution in [0.1, 0.15) is 12.5 Å². The van der Waals surface area contributed by atoms with Crippen LogP contribution in [-0.4, -0.2) is 17.6 Å². The predicted molar refractivity (Wildman–Crippen MR) is 68.7 cm³/mol. The zero-order chi connectivity index (χ0) is 12.4. The number of rotatable bonds is 3. The Morgan fingerprint density at radius 1 is 1.41 bits per heavy atom. The van der Waals surface area contributed by atoms with Crippen molar-refractivity contribution in [3.63, 3.8) is 0 Å². The molecule has 0 unspecified atom stereocenters. The van der Waals surface area contributed by atoms with Gasteiger partial charge in [-0.05, 0) is 19.1 Å². The second kappa shape index (κ2) is 4.98. The number of carbonyl (C=O) groups is 1. The Balaban J connectivity index is 2.39. The van der Waals surface area contributed by atoms with Crippen LogP contribution in [0.15, 0.2) is 18.2 Å². The molecule has 3 nitrogen and oxygen atoms in total. The standard InChI is InChI=1S/C12H11Cl2NO2/c1-2-17-11(16)6-9-8-4-3-7(13)5-10(8)15-12(9)14/h3-5,15H,2,6H2,1H3. The molecule has 0 saturated heterocycles. The minimum absolute atomic E-state index is 0.161. The quantitative estimate of drug-likeness (QED) is 0.868. The van der Waals surface area contributed by atoms with E-state index in [1.165, 1.54) is 0 Å². The number of nitrogens with one attached hydrogen (secondary N) is 1. The van der Waals surface area contributed by atoms with Gasteiger partial charge in [0.1, 0.15) is 5.15 Å². The summed E-state index contributed by atoms with van der Waals surface area (Å²) in [4.78, 5) is 14.4. The summed E-state index contributed by atoms with van der Waals surface area (Å²) in [5, 5.41) is 1.97. The van der Waals surface area contributed by atoms with Crippen molar-refractivity contribution in [3.05, 3.63) is 33.9 Å². The molecule has 5 heteroatoms. The van der Waals surface area contributed by atoms with Crippen molar-refractivity contribution in [1.29, 1.82) is 0 Å². The number of H-pyrrole nitrogens is 1. The van der Waals surface area contributed by atoms with E-state index in [4.69, 9.17) is 27.9 Å². The third-order valence-corrected chi connectivity index (χ3v) is 3.00. The molecule has 0 aliphatic heterocycles. The van der Waals surface area contributed by atoms with Crippen LogP contribution in [0, 0.1) is 0 Å². The molecule has 0 spiro atoms. The van der Waals surface area contributed by atoms with E-state index in [0.29, 0.717) is 16.8 Å². The minimum atomic E-state index is -0.287. The van der Waals surface area contributed by atoms with E-state index >= 15 is 0 Å². The first-order valence-corrected chi connectivity index (χ1v) is 5.98. The van der Waals surface area contributed by atoms with Gasteiger partial charge in [-0.3, -0.25) is 4.79 Å². The molecule has 0 radical (unpaired) electrons. The monoisotopic (exact) mass is 271 g/mol. The Kier molecular flexibility index (Phi) is 3.60. The van der Waals surface area contributed by atoms with Crippen molar-refractivity contribution < 1.29 is 9.53 Å². The molecule has 0 fully saturated rings. The normalized spacial score (nSPS) is 10.8. The maximum atomic E-state index is 11.5. The van der Waals surface area contributed by atoms with Gasteiger partial charge in [-0.1, -0.05) is 29.3 Å². The molecular weight excluding hydrogens is 261 g/mol. The number of fused-ring (bicyclic) bond motifs is 1. The zero-order valence-corrected chi connectivity index (χ0v) is 10.7. The molecule has 0 aliphatic carbocycles. The number of esters is 1. The summed E-state index contributed by atoms with van der Waals surface area (Å²) in [7, 11) is 0. The number of benzene rings is 1. The van der Waals surface area contributed by atoms with Gasteiger partial charge in [0, 0.05) is 21.5 Å². The van der Waals surface area contributed by atoms with Crippen molar-refractivity contribution in [1.82, 2.24) is 4.98 Å². The number of aromatic nitrogens is 1. The Morgan fingerprint density at radius 3 is 2.88 bits per heavy atom. The highest BCUT2D eigenvalue weighted by Gasteiger charge is 2.14. The van der Waals surface area contributed by atoms with Crippen LogP contribution in [0.25, 0.3) is 10.9 Å². The molecule has 1 heterocycles. The molecule has 1 aromatic heterocycles. The maximum Gasteiger partial charge on any atom is 0.310 e. The Labute approximate surface area is 109 Å². The van der Waals surface area contributed by atoms with E-state index < -0.39 is 0 Å². The number of ether oxygens (including phenoxy) is 1. The molecule has 0 saturated carbocycles. The van der Waals surface area contributed by atoms with Gasteiger partial charge in [0.15, 0.2) is 0 Å². The van der Waals surface area contributed by atoms with Crippen LogP contribution in [0.5, 0.6) is 0 Å². The highest BCUT2D eigenvalue weighted by Crippen LogP contribution is 2.28. The molecule has 17 heavy (non-hydrogen) atoms. The summed E-state index contributed by atoms with van der Waals surface area (Å²) in [6.45, 7) is 2.14. The average molecular weight is 272 g/mol. The minimum Gasteiger partial charge on any atom is -0.466 e. The van der Waals surface area contributed by atoms with Crippen LogP contribution in [0.2, 0.25) is 10.2 Å². The van der Waals surface area contributed by atoms with Gasteiger partial charge in [-0.2, -0.15) is 0 Å². The number of hydrogen-bond acceptors (Lipinski definition) is 2. The van der Waals surface area contributed by atoms with Crippen molar-refractivity contribution in [2.75, 3.05) is 6.61 Å². The number of aromatic amines is 1. The molecule has 2 rings (SSSR count). The first-order valence-electron chi connectivity index (χ1n) is 5.23. The molecule has 0 bridgehead atoms. The van der Waals surface area contributed by atoms with Crippen LogP contribution in [0.4, 0.5) is 0 Å². The molecule has 0 atom stereocenters. The average Bonchev–Trinajstić information content (AvgIpc) is 2.55. The van der Waals surface area contributed by atoms with E-state index in [1.54, 1.807) is 19.1 Å². The van der Waals surface area contributed by atoms with Gasteiger partial charge < -0.3 is 9.72 Å². The first-order chi connectivity index (χ1) is 8.11. The lowest BCUT2D eigenvalue weighted by molar-refractivity contribution is -0.142. The molecule has 90 valence electrons. The van der Waals surface area contributed by atoms with Gasteiger partial charge in [-0.15, -0.1) is 0 Å². The summed E-state index contributed by atoms with van der Waals surface area (Å²) in [6.07, 6.45) is 0.161. The van der Waals surface area contributed by atoms with Crippen LogP contribution < -0.4 is 0 Å². The Bertz CT molecular complexity index is 563. The van der Waals surface area contributed by atoms with Gasteiger partial charge >= 0.3 is 5.97 Å².